The summed E-state index contributed by atoms with van der Waals surface area (Å²) < 4.78 is 19.5. The highest BCUT2D eigenvalue weighted by Crippen LogP contribution is 2.29. The van der Waals surface area contributed by atoms with Crippen molar-refractivity contribution in [3.63, 3.8) is 0 Å². The molecule has 0 unspecified atom stereocenters. The number of halogens is 3. The first-order valence-corrected chi connectivity index (χ1v) is 6.71. The summed E-state index contributed by atoms with van der Waals surface area (Å²) in [5.74, 6) is -0.721. The Bertz CT molecular complexity index is 644. The zero-order chi connectivity index (χ0) is 14.0. The van der Waals surface area contributed by atoms with E-state index in [4.69, 9.17) is 9.84 Å². The van der Waals surface area contributed by atoms with Crippen molar-refractivity contribution in [1.82, 2.24) is 0 Å². The van der Waals surface area contributed by atoms with Crippen LogP contribution in [0.1, 0.15) is 10.4 Å². The predicted molar refractivity (Wildman–Crippen MR) is 75.3 cm³/mol. The number of carbonyl (C=O) groups is 1. The number of hydrogen-bond acceptors (Lipinski definition) is 2. The summed E-state index contributed by atoms with van der Waals surface area (Å²) in [5, 5.41) is 8.89. The number of ether oxygens (including phenoxy) is 1. The molecule has 0 bridgehead atoms. The summed E-state index contributed by atoms with van der Waals surface area (Å²) in [6.45, 7) is 0. The Morgan fingerprint density at radius 3 is 2.26 bits per heavy atom. The third kappa shape index (κ3) is 3.33. The van der Waals surface area contributed by atoms with Gasteiger partial charge in [-0.1, -0.05) is 0 Å². The lowest BCUT2D eigenvalue weighted by Crippen LogP contribution is -1.97. The first kappa shape index (κ1) is 14.0. The molecule has 0 aromatic heterocycles. The number of benzene rings is 2. The third-order valence-electron chi connectivity index (χ3n) is 2.30. The van der Waals surface area contributed by atoms with Crippen LogP contribution in [0, 0.1) is 5.82 Å². The molecule has 19 heavy (non-hydrogen) atoms. The van der Waals surface area contributed by atoms with E-state index in [9.17, 15) is 9.18 Å². The lowest BCUT2D eigenvalue weighted by molar-refractivity contribution is 0.0696. The first-order valence-electron chi connectivity index (χ1n) is 5.13. The fourth-order valence-corrected chi connectivity index (χ4v) is 2.18. The molecule has 3 nitrogen and oxygen atoms in total. The summed E-state index contributed by atoms with van der Waals surface area (Å²) in [5.41, 5.74) is 0.134. The zero-order valence-electron chi connectivity index (χ0n) is 9.36. The smallest absolute Gasteiger partial charge is 0.336 e. The van der Waals surface area contributed by atoms with Gasteiger partial charge in [-0.2, -0.15) is 0 Å². The maximum Gasteiger partial charge on any atom is 0.336 e. The van der Waals surface area contributed by atoms with Crippen LogP contribution in [0.5, 0.6) is 11.5 Å². The normalized spacial score (nSPS) is 10.3. The Hall–Kier alpha value is -1.40. The molecule has 0 spiro atoms. The quantitative estimate of drug-likeness (QED) is 0.816. The minimum atomic E-state index is -1.03. The highest BCUT2D eigenvalue weighted by molar-refractivity contribution is 9.10. The van der Waals surface area contributed by atoms with Gasteiger partial charge < -0.3 is 9.84 Å². The summed E-state index contributed by atoms with van der Waals surface area (Å²) in [7, 11) is 0. The highest BCUT2D eigenvalue weighted by Gasteiger charge is 2.10. The molecule has 0 aliphatic carbocycles. The van der Waals surface area contributed by atoms with Crippen LogP contribution in [0.15, 0.2) is 45.3 Å². The van der Waals surface area contributed by atoms with E-state index in [1.807, 2.05) is 0 Å². The minimum Gasteiger partial charge on any atom is -0.478 e. The van der Waals surface area contributed by atoms with Crippen molar-refractivity contribution in [2.24, 2.45) is 0 Å². The van der Waals surface area contributed by atoms with E-state index in [0.29, 0.717) is 20.4 Å². The van der Waals surface area contributed by atoms with Gasteiger partial charge >= 0.3 is 5.97 Å². The van der Waals surface area contributed by atoms with Gasteiger partial charge in [-0.3, -0.25) is 0 Å². The Balaban J connectivity index is 2.26. The first-order chi connectivity index (χ1) is 8.97. The van der Waals surface area contributed by atoms with E-state index in [2.05, 4.69) is 31.9 Å². The van der Waals surface area contributed by atoms with Crippen molar-refractivity contribution in [3.05, 3.63) is 56.7 Å². The van der Waals surface area contributed by atoms with E-state index in [0.717, 1.165) is 0 Å². The minimum absolute atomic E-state index is 0.134. The van der Waals surface area contributed by atoms with Gasteiger partial charge in [-0.25, -0.2) is 9.18 Å². The lowest BCUT2D eigenvalue weighted by Gasteiger charge is -2.08. The maximum absolute atomic E-state index is 13.3. The number of hydrogen-bond donors (Lipinski definition) is 1. The molecule has 0 saturated carbocycles. The predicted octanol–water partition coefficient (Wildman–Crippen LogP) is 4.84. The van der Waals surface area contributed by atoms with Crippen LogP contribution in [0.3, 0.4) is 0 Å². The van der Waals surface area contributed by atoms with Crippen molar-refractivity contribution in [2.75, 3.05) is 0 Å². The lowest BCUT2D eigenvalue weighted by atomic mass is 10.2. The fraction of sp³-hybridized carbons (Fsp3) is 0. The Kier molecular flexibility index (Phi) is 4.21. The molecule has 0 amide bonds. The van der Waals surface area contributed by atoms with E-state index in [1.165, 1.54) is 30.3 Å². The van der Waals surface area contributed by atoms with Crippen molar-refractivity contribution in [3.8, 4) is 11.5 Å². The molecule has 1 N–H and O–H groups in total. The van der Waals surface area contributed by atoms with Gasteiger partial charge in [0.1, 0.15) is 17.3 Å². The molecule has 2 aromatic rings. The second kappa shape index (κ2) is 5.71. The van der Waals surface area contributed by atoms with Crippen LogP contribution in [0.25, 0.3) is 0 Å². The van der Waals surface area contributed by atoms with Crippen LogP contribution >= 0.6 is 31.9 Å². The monoisotopic (exact) mass is 388 g/mol. The molecular weight excluding hydrogens is 383 g/mol. The average molecular weight is 390 g/mol. The van der Waals surface area contributed by atoms with Crippen molar-refractivity contribution >= 4 is 37.8 Å². The third-order valence-corrected chi connectivity index (χ3v) is 3.60. The molecule has 0 aliphatic heterocycles. The maximum atomic E-state index is 13.3. The van der Waals surface area contributed by atoms with E-state index < -0.39 is 11.8 Å². The molecule has 0 aliphatic rings. The molecule has 2 rings (SSSR count). The fourth-order valence-electron chi connectivity index (χ4n) is 1.41. The van der Waals surface area contributed by atoms with Gasteiger partial charge in [0, 0.05) is 10.5 Å². The zero-order valence-corrected chi connectivity index (χ0v) is 12.5. The van der Waals surface area contributed by atoms with Crippen molar-refractivity contribution < 1.29 is 19.0 Å². The van der Waals surface area contributed by atoms with E-state index >= 15 is 0 Å². The van der Waals surface area contributed by atoms with Crippen LogP contribution in [-0.4, -0.2) is 11.1 Å². The van der Waals surface area contributed by atoms with Gasteiger partial charge in [0.15, 0.2) is 0 Å². The number of rotatable bonds is 3. The molecule has 0 fully saturated rings. The molecule has 6 heteroatoms. The Morgan fingerprint density at radius 1 is 1.05 bits per heavy atom. The Morgan fingerprint density at radius 2 is 1.68 bits per heavy atom. The molecular formula is C13H7Br2FO3. The summed E-state index contributed by atoms with van der Waals surface area (Å²) >= 11 is 6.19. The highest BCUT2D eigenvalue weighted by atomic mass is 79.9. The van der Waals surface area contributed by atoms with Gasteiger partial charge in [0.25, 0.3) is 0 Å². The van der Waals surface area contributed by atoms with Crippen LogP contribution < -0.4 is 4.74 Å². The largest absolute Gasteiger partial charge is 0.478 e. The number of aromatic carboxylic acids is 1. The van der Waals surface area contributed by atoms with Gasteiger partial charge in [-0.05, 0) is 62.2 Å². The van der Waals surface area contributed by atoms with Crippen LogP contribution in [0.2, 0.25) is 0 Å². The summed E-state index contributed by atoms with van der Waals surface area (Å²) in [6.07, 6.45) is 0. The molecule has 0 atom stereocenters. The number of carboxylic acid groups (broad SMARTS) is 1. The molecule has 98 valence electrons. The van der Waals surface area contributed by atoms with Crippen molar-refractivity contribution in [1.29, 1.82) is 0 Å². The molecule has 0 saturated heterocycles. The van der Waals surface area contributed by atoms with Gasteiger partial charge in [0.05, 0.1) is 10.0 Å². The second-order valence-electron chi connectivity index (χ2n) is 3.62. The topological polar surface area (TPSA) is 46.5 Å². The molecule has 2 aromatic carbocycles. The molecule has 0 radical (unpaired) electrons. The molecule has 0 heterocycles. The van der Waals surface area contributed by atoms with E-state index in [-0.39, 0.29) is 5.56 Å². The van der Waals surface area contributed by atoms with Crippen molar-refractivity contribution in [2.45, 2.75) is 0 Å². The number of carboxylic acids is 1. The summed E-state index contributed by atoms with van der Waals surface area (Å²) in [4.78, 5) is 10.8. The SMILES string of the molecule is O=C(O)c1ccc(Oc2ccc(Br)c(F)c2)cc1Br. The average Bonchev–Trinajstić information content (AvgIpc) is 2.33. The van der Waals surface area contributed by atoms with Gasteiger partial charge in [-0.15, -0.1) is 0 Å². The summed E-state index contributed by atoms with van der Waals surface area (Å²) in [6, 6.07) is 8.81. The standard InChI is InChI=1S/C13H7Br2FO3/c14-10-4-2-8(6-12(10)16)19-7-1-3-9(13(17)18)11(15)5-7/h1-6H,(H,17,18). The van der Waals surface area contributed by atoms with Gasteiger partial charge in [0.2, 0.25) is 0 Å². The van der Waals surface area contributed by atoms with Crippen LogP contribution in [0.4, 0.5) is 4.39 Å². The van der Waals surface area contributed by atoms with Crippen LogP contribution in [-0.2, 0) is 0 Å². The Labute approximate surface area is 125 Å². The second-order valence-corrected chi connectivity index (χ2v) is 5.33. The van der Waals surface area contributed by atoms with E-state index in [1.54, 1.807) is 6.07 Å².